The maximum absolute atomic E-state index is 11.2. The van der Waals surface area contributed by atoms with Crippen molar-refractivity contribution >= 4 is 37.4 Å². The van der Waals surface area contributed by atoms with Crippen molar-refractivity contribution < 1.29 is 14.3 Å². The van der Waals surface area contributed by atoms with Gasteiger partial charge in [0.05, 0.1) is 0 Å². The van der Waals surface area contributed by atoms with Crippen LogP contribution in [-0.2, 0) is 6.54 Å². The third-order valence-electron chi connectivity index (χ3n) is 5.30. The molecule has 0 unspecified atom stereocenters. The molecule has 0 atom stereocenters. The standard InChI is InChI=1S/C24H23N2O3SSi/c1-15-18(16-8-5-4-6-9-16)10-7-11-19(15)23-26-20-12-17(14-25-31(3)24(27)28)22(30-2)13-21(20)29-23/h4-13,25H,14H2,1-3H3,(H,27,28). The van der Waals surface area contributed by atoms with Gasteiger partial charge in [-0.15, -0.1) is 11.8 Å². The zero-order valence-electron chi connectivity index (χ0n) is 17.6. The van der Waals surface area contributed by atoms with Gasteiger partial charge in [0.25, 0.3) is 14.6 Å². The van der Waals surface area contributed by atoms with Gasteiger partial charge >= 0.3 is 0 Å². The maximum Gasteiger partial charge on any atom is 0.286 e. The number of nitrogens with zero attached hydrogens (tertiary/aromatic N) is 1. The van der Waals surface area contributed by atoms with E-state index in [4.69, 9.17) is 14.5 Å². The van der Waals surface area contributed by atoms with Crippen LogP contribution >= 0.6 is 11.8 Å². The van der Waals surface area contributed by atoms with Crippen molar-refractivity contribution in [2.24, 2.45) is 0 Å². The van der Waals surface area contributed by atoms with E-state index in [0.717, 1.165) is 43.8 Å². The second-order valence-corrected chi connectivity index (χ2v) is 10.2. The number of hydrogen-bond acceptors (Lipinski definition) is 5. The van der Waals surface area contributed by atoms with Gasteiger partial charge in [0.15, 0.2) is 5.58 Å². The van der Waals surface area contributed by atoms with Crippen LogP contribution in [0, 0.1) is 6.92 Å². The Labute approximate surface area is 187 Å². The molecular weight excluding hydrogens is 424 g/mol. The Balaban J connectivity index is 1.72. The molecule has 1 radical (unpaired) electrons. The number of hydrogen-bond donors (Lipinski definition) is 2. The summed E-state index contributed by atoms with van der Waals surface area (Å²) in [6, 6.07) is 20.4. The van der Waals surface area contributed by atoms with Gasteiger partial charge in [-0.3, -0.25) is 4.79 Å². The Morgan fingerprint density at radius 2 is 1.87 bits per heavy atom. The molecule has 0 saturated carbocycles. The van der Waals surface area contributed by atoms with Crippen LogP contribution in [0.25, 0.3) is 33.7 Å². The van der Waals surface area contributed by atoms with Crippen LogP contribution in [0.4, 0.5) is 4.79 Å². The fourth-order valence-corrected chi connectivity index (χ4v) is 4.77. The highest BCUT2D eigenvalue weighted by atomic mass is 32.2. The Bertz CT molecular complexity index is 1240. The molecule has 5 nitrogen and oxygen atoms in total. The monoisotopic (exact) mass is 447 g/mol. The minimum Gasteiger partial charge on any atom is -0.485 e. The Morgan fingerprint density at radius 3 is 2.58 bits per heavy atom. The molecule has 7 heteroatoms. The maximum atomic E-state index is 11.2. The fraction of sp³-hybridized carbons (Fsp3) is 0.167. The second-order valence-electron chi connectivity index (χ2n) is 7.28. The van der Waals surface area contributed by atoms with Gasteiger partial charge in [0.2, 0.25) is 5.89 Å². The predicted molar refractivity (Wildman–Crippen MR) is 128 cm³/mol. The van der Waals surface area contributed by atoms with Gasteiger partial charge in [-0.1, -0.05) is 42.5 Å². The topological polar surface area (TPSA) is 75.4 Å². The van der Waals surface area contributed by atoms with Crippen LogP contribution in [0.1, 0.15) is 11.1 Å². The van der Waals surface area contributed by atoms with Crippen molar-refractivity contribution in [3.8, 4) is 22.6 Å². The highest BCUT2D eigenvalue weighted by molar-refractivity contribution is 7.98. The lowest BCUT2D eigenvalue weighted by atomic mass is 9.96. The molecule has 4 aromatic rings. The molecule has 4 rings (SSSR count). The summed E-state index contributed by atoms with van der Waals surface area (Å²) in [7, 11) is -1.64. The molecule has 1 heterocycles. The van der Waals surface area contributed by atoms with Crippen molar-refractivity contribution in [1.82, 2.24) is 9.97 Å². The first kappa shape index (κ1) is 21.4. The number of nitrogens with one attached hydrogen (secondary N) is 1. The number of carboxylic acid groups (broad SMARTS) is 1. The predicted octanol–water partition coefficient (Wildman–Crippen LogP) is 6.16. The van der Waals surface area contributed by atoms with E-state index in [9.17, 15) is 4.79 Å². The Kier molecular flexibility index (Phi) is 6.27. The quantitative estimate of drug-likeness (QED) is 0.261. The molecule has 0 saturated heterocycles. The largest absolute Gasteiger partial charge is 0.485 e. The van der Waals surface area contributed by atoms with E-state index in [1.807, 2.05) is 48.7 Å². The first-order valence-corrected chi connectivity index (χ1v) is 13.1. The van der Waals surface area contributed by atoms with Crippen molar-refractivity contribution in [2.75, 3.05) is 6.26 Å². The molecule has 31 heavy (non-hydrogen) atoms. The number of fused-ring (bicyclic) bond motifs is 1. The van der Waals surface area contributed by atoms with Gasteiger partial charge in [0.1, 0.15) is 5.52 Å². The van der Waals surface area contributed by atoms with E-state index in [1.54, 1.807) is 18.3 Å². The van der Waals surface area contributed by atoms with E-state index in [2.05, 4.69) is 30.1 Å². The van der Waals surface area contributed by atoms with Crippen LogP contribution < -0.4 is 4.98 Å². The van der Waals surface area contributed by atoms with Crippen molar-refractivity contribution in [3.05, 3.63) is 71.8 Å². The molecule has 157 valence electrons. The first-order valence-electron chi connectivity index (χ1n) is 9.91. The minimum atomic E-state index is -1.64. The summed E-state index contributed by atoms with van der Waals surface area (Å²) >= 11 is 1.61. The average molecular weight is 448 g/mol. The lowest BCUT2D eigenvalue weighted by molar-refractivity contribution is 0.218. The zero-order valence-corrected chi connectivity index (χ0v) is 19.4. The molecule has 0 aliphatic heterocycles. The van der Waals surface area contributed by atoms with Gasteiger partial charge in [-0.25, -0.2) is 4.98 Å². The average Bonchev–Trinajstić information content (AvgIpc) is 3.19. The number of benzene rings is 3. The van der Waals surface area contributed by atoms with Gasteiger partial charge in [-0.05, 0) is 60.2 Å². The molecule has 0 amide bonds. The SMILES string of the molecule is CSc1cc2oc(-c3cccc(-c4ccccc4)c3C)nc2cc1CN[Si](C)C(=O)O. The van der Waals surface area contributed by atoms with Crippen molar-refractivity contribution in [1.29, 1.82) is 0 Å². The van der Waals surface area contributed by atoms with Crippen molar-refractivity contribution in [3.63, 3.8) is 0 Å². The molecule has 0 spiro atoms. The molecule has 1 aromatic heterocycles. The number of carbonyl (C=O) groups is 1. The number of rotatable bonds is 7. The van der Waals surface area contributed by atoms with Crippen LogP contribution in [0.5, 0.6) is 0 Å². The molecular formula is C24H23N2O3SSi. The van der Waals surface area contributed by atoms with Crippen LogP contribution in [-0.4, -0.2) is 30.9 Å². The van der Waals surface area contributed by atoms with Gasteiger partial charge in [0, 0.05) is 17.0 Å². The summed E-state index contributed by atoms with van der Waals surface area (Å²) in [6.45, 7) is 4.32. The zero-order chi connectivity index (χ0) is 22.0. The van der Waals surface area contributed by atoms with E-state index >= 15 is 0 Å². The highest BCUT2D eigenvalue weighted by Gasteiger charge is 2.18. The summed E-state index contributed by atoms with van der Waals surface area (Å²) in [6.07, 6.45) is 2.00. The lowest BCUT2D eigenvalue weighted by Gasteiger charge is -2.10. The first-order chi connectivity index (χ1) is 15.0. The van der Waals surface area contributed by atoms with Crippen molar-refractivity contribution in [2.45, 2.75) is 24.9 Å². The Hall–Kier alpha value is -2.87. The molecule has 3 aromatic carbocycles. The summed E-state index contributed by atoms with van der Waals surface area (Å²) in [5.41, 5.74) is 6.16. The van der Waals surface area contributed by atoms with E-state index in [0.29, 0.717) is 12.4 Å². The number of thioether (sulfide) groups is 1. The van der Waals surface area contributed by atoms with E-state index < -0.39 is 14.6 Å². The molecule has 0 bridgehead atoms. The minimum absolute atomic E-state index is 0.494. The fourth-order valence-electron chi connectivity index (χ4n) is 3.54. The third kappa shape index (κ3) is 4.44. The third-order valence-corrected chi connectivity index (χ3v) is 7.47. The summed E-state index contributed by atoms with van der Waals surface area (Å²) in [5, 5.41) is 9.17. The van der Waals surface area contributed by atoms with E-state index in [-0.39, 0.29) is 0 Å². The van der Waals surface area contributed by atoms with Crippen LogP contribution in [0.3, 0.4) is 0 Å². The molecule has 0 aliphatic rings. The molecule has 0 fully saturated rings. The van der Waals surface area contributed by atoms with E-state index in [1.165, 1.54) is 0 Å². The van der Waals surface area contributed by atoms with Gasteiger partial charge in [-0.2, -0.15) is 0 Å². The molecule has 2 N–H and O–H groups in total. The van der Waals surface area contributed by atoms with Crippen LogP contribution in [0.2, 0.25) is 6.55 Å². The summed E-state index contributed by atoms with van der Waals surface area (Å²) in [4.78, 5) is 20.1. The van der Waals surface area contributed by atoms with Crippen LogP contribution in [0.15, 0.2) is 70.0 Å². The second kappa shape index (κ2) is 9.09. The smallest absolute Gasteiger partial charge is 0.286 e. The number of aromatic nitrogens is 1. The highest BCUT2D eigenvalue weighted by Crippen LogP contribution is 2.34. The Morgan fingerprint density at radius 1 is 1.13 bits per heavy atom. The normalized spacial score (nSPS) is 11.4. The number of oxazole rings is 1. The lowest BCUT2D eigenvalue weighted by Crippen LogP contribution is -2.37. The van der Waals surface area contributed by atoms with Gasteiger partial charge < -0.3 is 14.5 Å². The summed E-state index contributed by atoms with van der Waals surface area (Å²) < 4.78 is 6.15. The summed E-state index contributed by atoms with van der Waals surface area (Å²) in [5.74, 6) is 0.591. The molecule has 0 aliphatic carbocycles.